The Labute approximate surface area is 189 Å². The van der Waals surface area contributed by atoms with Gasteiger partial charge >= 0.3 is 0 Å². The number of carbonyl (C=O) groups is 2. The third-order valence-corrected chi connectivity index (χ3v) is 6.49. The minimum Gasteiger partial charge on any atom is -0.350 e. The summed E-state index contributed by atoms with van der Waals surface area (Å²) in [6, 6.07) is 17.5. The molecule has 3 aromatic rings. The molecule has 0 spiro atoms. The van der Waals surface area contributed by atoms with E-state index >= 15 is 0 Å². The number of carbonyl (C=O) groups excluding carboxylic acids is 2. The molecule has 0 radical (unpaired) electrons. The van der Waals surface area contributed by atoms with Crippen LogP contribution in [-0.2, 0) is 9.59 Å². The molecule has 0 atom stereocenters. The van der Waals surface area contributed by atoms with E-state index in [1.54, 1.807) is 0 Å². The number of hydrogen-bond donors (Lipinski definition) is 1. The Kier molecular flexibility index (Phi) is 5.47. The molecule has 1 N–H and O–H groups in total. The number of imide groups is 1. The first-order valence-electron chi connectivity index (χ1n) is 10.8. The molecule has 1 heterocycles. The lowest BCUT2D eigenvalue weighted by Gasteiger charge is -2.17. The van der Waals surface area contributed by atoms with Gasteiger partial charge in [0.05, 0.1) is 11.3 Å². The van der Waals surface area contributed by atoms with Crippen LogP contribution in [0.3, 0.4) is 0 Å². The van der Waals surface area contributed by atoms with Crippen LogP contribution in [-0.4, -0.2) is 11.8 Å². The fourth-order valence-electron chi connectivity index (χ4n) is 3.93. The maximum absolute atomic E-state index is 13.7. The molecule has 0 bridgehead atoms. The lowest BCUT2D eigenvalue weighted by Crippen LogP contribution is -2.32. The van der Waals surface area contributed by atoms with Crippen molar-refractivity contribution in [3.8, 4) is 0 Å². The van der Waals surface area contributed by atoms with Crippen molar-refractivity contribution in [3.05, 3.63) is 99.2 Å². The van der Waals surface area contributed by atoms with Crippen molar-refractivity contribution in [1.82, 2.24) is 0 Å². The SMILES string of the molecule is Cc1ccc(C2=C(Nc3cccc(C)c3C)C(=O)N(c3ccc(C)c(C)c3)C2=O)cc1C. The van der Waals surface area contributed by atoms with E-state index < -0.39 is 0 Å². The number of aryl methyl sites for hydroxylation is 5. The summed E-state index contributed by atoms with van der Waals surface area (Å²) >= 11 is 0. The molecule has 2 amide bonds. The van der Waals surface area contributed by atoms with Gasteiger partial charge in [-0.25, -0.2) is 4.90 Å². The molecule has 3 aromatic carbocycles. The summed E-state index contributed by atoms with van der Waals surface area (Å²) in [4.78, 5) is 28.6. The number of nitrogens with zero attached hydrogens (tertiary/aromatic N) is 1. The molecule has 0 aromatic heterocycles. The molecule has 0 saturated carbocycles. The lowest BCUT2D eigenvalue weighted by atomic mass is 9.99. The second-order valence-corrected chi connectivity index (χ2v) is 8.64. The number of amides is 2. The Morgan fingerprint density at radius 3 is 1.97 bits per heavy atom. The molecule has 0 fully saturated rings. The van der Waals surface area contributed by atoms with Crippen LogP contribution in [0.25, 0.3) is 5.57 Å². The number of rotatable bonds is 4. The van der Waals surface area contributed by atoms with E-state index in [0.717, 1.165) is 44.6 Å². The van der Waals surface area contributed by atoms with E-state index in [2.05, 4.69) is 5.32 Å². The van der Waals surface area contributed by atoms with Crippen LogP contribution >= 0.6 is 0 Å². The van der Waals surface area contributed by atoms with Gasteiger partial charge in [0.15, 0.2) is 0 Å². The molecular weight excluding hydrogens is 396 g/mol. The maximum Gasteiger partial charge on any atom is 0.282 e. The highest BCUT2D eigenvalue weighted by Crippen LogP contribution is 2.35. The molecule has 0 saturated heterocycles. The zero-order valence-corrected chi connectivity index (χ0v) is 19.5. The summed E-state index contributed by atoms with van der Waals surface area (Å²) in [7, 11) is 0. The maximum atomic E-state index is 13.7. The predicted octanol–water partition coefficient (Wildman–Crippen LogP) is 5.93. The molecule has 1 aliphatic heterocycles. The zero-order valence-electron chi connectivity index (χ0n) is 19.5. The van der Waals surface area contributed by atoms with E-state index in [4.69, 9.17) is 0 Å². The smallest absolute Gasteiger partial charge is 0.282 e. The van der Waals surface area contributed by atoms with Gasteiger partial charge in [-0.2, -0.15) is 0 Å². The molecule has 4 heteroatoms. The molecule has 4 nitrogen and oxygen atoms in total. The minimum atomic E-state index is -0.340. The molecule has 0 unspecified atom stereocenters. The van der Waals surface area contributed by atoms with Crippen molar-refractivity contribution in [3.63, 3.8) is 0 Å². The summed E-state index contributed by atoms with van der Waals surface area (Å²) in [6.45, 7) is 12.1. The van der Waals surface area contributed by atoms with Crippen LogP contribution in [0.4, 0.5) is 11.4 Å². The standard InChI is InChI=1S/C28H28N2O2/c1-16-10-12-22(14-19(16)4)25-26(29-24-9-7-8-18(3)21(24)6)28(32)30(27(25)31)23-13-11-17(2)20(5)15-23/h7-15,29H,1-6H3. The van der Waals surface area contributed by atoms with Crippen molar-refractivity contribution in [2.24, 2.45) is 0 Å². The van der Waals surface area contributed by atoms with Gasteiger partial charge in [-0.05, 0) is 98.7 Å². The Hall–Kier alpha value is -3.66. The number of anilines is 2. The summed E-state index contributed by atoms with van der Waals surface area (Å²) < 4.78 is 0. The van der Waals surface area contributed by atoms with Gasteiger partial charge in [-0.1, -0.05) is 36.4 Å². The first-order chi connectivity index (χ1) is 15.2. The van der Waals surface area contributed by atoms with Crippen molar-refractivity contribution in [2.45, 2.75) is 41.5 Å². The van der Waals surface area contributed by atoms with Gasteiger partial charge in [0.1, 0.15) is 5.70 Å². The third-order valence-electron chi connectivity index (χ3n) is 6.49. The average molecular weight is 425 g/mol. The van der Waals surface area contributed by atoms with Crippen molar-refractivity contribution < 1.29 is 9.59 Å². The van der Waals surface area contributed by atoms with Gasteiger partial charge in [-0.15, -0.1) is 0 Å². The Balaban J connectivity index is 1.88. The second-order valence-electron chi connectivity index (χ2n) is 8.64. The first kappa shape index (κ1) is 21.6. The summed E-state index contributed by atoms with van der Waals surface area (Å²) in [6.07, 6.45) is 0. The monoisotopic (exact) mass is 424 g/mol. The van der Waals surface area contributed by atoms with Crippen LogP contribution in [0, 0.1) is 41.5 Å². The summed E-state index contributed by atoms with van der Waals surface area (Å²) in [5.74, 6) is -0.651. The quantitative estimate of drug-likeness (QED) is 0.528. The summed E-state index contributed by atoms with van der Waals surface area (Å²) in [5.41, 5.74) is 9.39. The van der Waals surface area contributed by atoms with Crippen LogP contribution in [0.1, 0.15) is 38.9 Å². The average Bonchev–Trinajstić information content (AvgIpc) is 2.99. The predicted molar refractivity (Wildman–Crippen MR) is 131 cm³/mol. The number of hydrogen-bond acceptors (Lipinski definition) is 3. The topological polar surface area (TPSA) is 49.4 Å². The Morgan fingerprint density at radius 2 is 1.31 bits per heavy atom. The van der Waals surface area contributed by atoms with Crippen molar-refractivity contribution in [2.75, 3.05) is 10.2 Å². The molecule has 1 aliphatic rings. The van der Waals surface area contributed by atoms with Gasteiger partial charge in [0.2, 0.25) is 0 Å². The van der Waals surface area contributed by atoms with Crippen molar-refractivity contribution in [1.29, 1.82) is 0 Å². The molecule has 32 heavy (non-hydrogen) atoms. The van der Waals surface area contributed by atoms with E-state index in [0.29, 0.717) is 17.0 Å². The normalized spacial score (nSPS) is 13.9. The highest BCUT2D eigenvalue weighted by Gasteiger charge is 2.40. The number of benzene rings is 3. The van der Waals surface area contributed by atoms with Gasteiger partial charge < -0.3 is 5.32 Å². The summed E-state index contributed by atoms with van der Waals surface area (Å²) in [5, 5.41) is 3.31. The first-order valence-corrected chi connectivity index (χ1v) is 10.8. The van der Waals surface area contributed by atoms with E-state index in [9.17, 15) is 9.59 Å². The van der Waals surface area contributed by atoms with Crippen LogP contribution in [0.2, 0.25) is 0 Å². The second kappa shape index (κ2) is 8.12. The Bertz CT molecular complexity index is 1300. The molecular formula is C28H28N2O2. The largest absolute Gasteiger partial charge is 0.350 e. The van der Waals surface area contributed by atoms with E-state index in [1.165, 1.54) is 4.90 Å². The highest BCUT2D eigenvalue weighted by molar-refractivity contribution is 6.46. The molecule has 162 valence electrons. The van der Waals surface area contributed by atoms with E-state index in [1.807, 2.05) is 96.1 Å². The van der Waals surface area contributed by atoms with Gasteiger partial charge in [0, 0.05) is 5.69 Å². The van der Waals surface area contributed by atoms with E-state index in [-0.39, 0.29) is 11.8 Å². The van der Waals surface area contributed by atoms with Crippen LogP contribution < -0.4 is 10.2 Å². The van der Waals surface area contributed by atoms with Crippen molar-refractivity contribution >= 4 is 28.8 Å². The molecule has 0 aliphatic carbocycles. The lowest BCUT2D eigenvalue weighted by molar-refractivity contribution is -0.120. The minimum absolute atomic E-state index is 0.310. The zero-order chi connectivity index (χ0) is 23.2. The molecule has 4 rings (SSSR count). The van der Waals surface area contributed by atoms with Gasteiger partial charge in [0.25, 0.3) is 11.8 Å². The van der Waals surface area contributed by atoms with Crippen LogP contribution in [0.5, 0.6) is 0 Å². The Morgan fingerprint density at radius 1 is 0.656 bits per heavy atom. The fourth-order valence-corrected chi connectivity index (χ4v) is 3.93. The van der Waals surface area contributed by atoms with Crippen LogP contribution in [0.15, 0.2) is 60.3 Å². The fraction of sp³-hybridized carbons (Fsp3) is 0.214. The van der Waals surface area contributed by atoms with Gasteiger partial charge in [-0.3, -0.25) is 9.59 Å². The third kappa shape index (κ3) is 3.62. The highest BCUT2D eigenvalue weighted by atomic mass is 16.2. The number of nitrogens with one attached hydrogen (secondary N) is 1.